The van der Waals surface area contributed by atoms with Crippen LogP contribution in [0.2, 0.25) is 0 Å². The largest absolute Gasteiger partial charge is 0.469 e. The molecule has 3 heterocycles. The van der Waals surface area contributed by atoms with Crippen LogP contribution in [0.5, 0.6) is 0 Å². The number of thioether (sulfide) groups is 1. The van der Waals surface area contributed by atoms with E-state index in [0.29, 0.717) is 16.8 Å². The van der Waals surface area contributed by atoms with Crippen molar-refractivity contribution in [3.63, 3.8) is 0 Å². The Hall–Kier alpha value is -2.55. The summed E-state index contributed by atoms with van der Waals surface area (Å²) >= 11 is 1.36. The number of carbonyl (C=O) groups is 1. The number of hydrogen-bond donors (Lipinski definition) is 1. The number of carbonyl (C=O) groups excluding carboxylic acids is 1. The number of amides is 1. The quantitative estimate of drug-likeness (QED) is 0.621. The predicted molar refractivity (Wildman–Crippen MR) is 105 cm³/mol. The van der Waals surface area contributed by atoms with Gasteiger partial charge in [0.25, 0.3) is 0 Å². The maximum atomic E-state index is 12.6. The number of aromatic nitrogens is 5. The predicted octanol–water partition coefficient (Wildman–Crippen LogP) is 3.67. The number of furan rings is 1. The minimum absolute atomic E-state index is 0.103. The van der Waals surface area contributed by atoms with Gasteiger partial charge in [0, 0.05) is 13.1 Å². The summed E-state index contributed by atoms with van der Waals surface area (Å²) in [7, 11) is 1.88. The molecule has 0 spiro atoms. The Labute approximate surface area is 162 Å². The third kappa shape index (κ3) is 3.92. The minimum Gasteiger partial charge on any atom is -0.469 e. The third-order valence-corrected chi connectivity index (χ3v) is 5.65. The van der Waals surface area contributed by atoms with E-state index in [0.717, 1.165) is 17.7 Å². The minimum atomic E-state index is -0.341. The van der Waals surface area contributed by atoms with Gasteiger partial charge < -0.3 is 14.3 Å². The van der Waals surface area contributed by atoms with Crippen LogP contribution in [-0.4, -0.2) is 35.7 Å². The fraction of sp³-hybridized carbons (Fsp3) is 0.444. The van der Waals surface area contributed by atoms with Crippen LogP contribution >= 0.6 is 11.8 Å². The van der Waals surface area contributed by atoms with Crippen LogP contribution < -0.4 is 5.32 Å². The Bertz CT molecular complexity index is 928. The van der Waals surface area contributed by atoms with Crippen LogP contribution in [0.4, 0.5) is 5.82 Å². The van der Waals surface area contributed by atoms with Gasteiger partial charge in [-0.1, -0.05) is 18.7 Å². The van der Waals surface area contributed by atoms with E-state index < -0.39 is 0 Å². The number of aryl methyl sites for hydroxylation is 1. The van der Waals surface area contributed by atoms with Gasteiger partial charge in [-0.25, -0.2) is 4.68 Å². The smallest absolute Gasteiger partial charge is 0.238 e. The first kappa shape index (κ1) is 19.2. The molecule has 3 aromatic heterocycles. The highest BCUT2D eigenvalue weighted by Crippen LogP contribution is 2.28. The topological polar surface area (TPSA) is 90.8 Å². The maximum absolute atomic E-state index is 12.6. The summed E-state index contributed by atoms with van der Waals surface area (Å²) < 4.78 is 9.04. The van der Waals surface area contributed by atoms with Crippen LogP contribution in [0.1, 0.15) is 39.0 Å². The summed E-state index contributed by atoms with van der Waals surface area (Å²) in [5.41, 5.74) is 0.895. The molecule has 2 atom stereocenters. The Kier molecular flexibility index (Phi) is 5.69. The van der Waals surface area contributed by atoms with E-state index in [2.05, 4.69) is 34.5 Å². The van der Waals surface area contributed by atoms with E-state index in [9.17, 15) is 4.79 Å². The van der Waals surface area contributed by atoms with E-state index in [-0.39, 0.29) is 17.2 Å². The summed E-state index contributed by atoms with van der Waals surface area (Å²) in [6.07, 6.45) is 4.26. The van der Waals surface area contributed by atoms with Crippen molar-refractivity contribution in [2.75, 3.05) is 5.32 Å². The lowest BCUT2D eigenvalue weighted by Crippen LogP contribution is -2.25. The van der Waals surface area contributed by atoms with Crippen molar-refractivity contribution in [2.45, 2.75) is 50.6 Å². The molecule has 0 aliphatic rings. The summed E-state index contributed by atoms with van der Waals surface area (Å²) in [6, 6.07) is 3.89. The number of rotatable bonds is 7. The average Bonchev–Trinajstić information content (AvgIpc) is 3.36. The van der Waals surface area contributed by atoms with Gasteiger partial charge in [-0.2, -0.15) is 5.10 Å². The van der Waals surface area contributed by atoms with Gasteiger partial charge in [-0.3, -0.25) is 4.79 Å². The number of anilines is 1. The van der Waals surface area contributed by atoms with Gasteiger partial charge in [0.05, 0.1) is 29.3 Å². The van der Waals surface area contributed by atoms with Crippen LogP contribution in [0.25, 0.3) is 11.4 Å². The first-order valence-corrected chi connectivity index (χ1v) is 9.75. The van der Waals surface area contributed by atoms with Crippen molar-refractivity contribution in [2.24, 2.45) is 7.05 Å². The highest BCUT2D eigenvalue weighted by Gasteiger charge is 2.22. The number of hydrogen-bond acceptors (Lipinski definition) is 6. The SMILES string of the molecule is CC[C@H](C)n1nccc1NC(=O)[C@@H](C)Sc1nnc(-c2ccoc2C)n1C. The van der Waals surface area contributed by atoms with Crippen molar-refractivity contribution < 1.29 is 9.21 Å². The third-order valence-electron chi connectivity index (χ3n) is 4.52. The first-order chi connectivity index (χ1) is 12.9. The van der Waals surface area contributed by atoms with Crippen LogP contribution in [0.15, 0.2) is 34.2 Å². The lowest BCUT2D eigenvalue weighted by molar-refractivity contribution is -0.115. The molecule has 0 bridgehead atoms. The molecule has 3 aromatic rings. The highest BCUT2D eigenvalue weighted by atomic mass is 32.2. The van der Waals surface area contributed by atoms with Crippen molar-refractivity contribution in [3.8, 4) is 11.4 Å². The van der Waals surface area contributed by atoms with Gasteiger partial charge in [-0.15, -0.1) is 10.2 Å². The van der Waals surface area contributed by atoms with Crippen molar-refractivity contribution >= 4 is 23.5 Å². The Morgan fingerprint density at radius 1 is 1.33 bits per heavy atom. The van der Waals surface area contributed by atoms with Crippen LogP contribution in [0, 0.1) is 6.92 Å². The Morgan fingerprint density at radius 3 is 2.78 bits per heavy atom. The molecule has 27 heavy (non-hydrogen) atoms. The lowest BCUT2D eigenvalue weighted by atomic mass is 10.2. The summed E-state index contributed by atoms with van der Waals surface area (Å²) in [6.45, 7) is 7.89. The molecule has 9 heteroatoms. The molecule has 8 nitrogen and oxygen atoms in total. The normalized spacial score (nSPS) is 13.5. The van der Waals surface area contributed by atoms with Crippen molar-refractivity contribution in [1.29, 1.82) is 0 Å². The first-order valence-electron chi connectivity index (χ1n) is 8.87. The molecule has 3 rings (SSSR count). The van der Waals surface area contributed by atoms with E-state index in [1.807, 2.05) is 42.3 Å². The van der Waals surface area contributed by atoms with E-state index in [1.165, 1.54) is 11.8 Å². The standard InChI is InChI=1S/C18H24N6O2S/c1-6-11(2)24-15(7-9-19-24)20-17(25)13(4)27-18-22-21-16(23(18)5)14-8-10-26-12(14)3/h7-11,13H,6H2,1-5H3,(H,20,25)/t11-,13+/m0/s1. The maximum Gasteiger partial charge on any atom is 0.238 e. The van der Waals surface area contributed by atoms with Crippen molar-refractivity contribution in [1.82, 2.24) is 24.5 Å². The molecule has 0 radical (unpaired) electrons. The second-order valence-corrected chi connectivity index (χ2v) is 7.73. The fourth-order valence-corrected chi connectivity index (χ4v) is 3.46. The fourth-order valence-electron chi connectivity index (χ4n) is 2.65. The van der Waals surface area contributed by atoms with Gasteiger partial charge in [-0.05, 0) is 33.3 Å². The van der Waals surface area contributed by atoms with Gasteiger partial charge in [0.15, 0.2) is 11.0 Å². The molecule has 0 fully saturated rings. The second kappa shape index (κ2) is 7.99. The highest BCUT2D eigenvalue weighted by molar-refractivity contribution is 8.00. The molecular weight excluding hydrogens is 364 g/mol. The van der Waals surface area contributed by atoms with E-state index in [4.69, 9.17) is 4.42 Å². The Balaban J connectivity index is 1.70. The molecule has 144 valence electrons. The zero-order valence-corrected chi connectivity index (χ0v) is 16.9. The zero-order chi connectivity index (χ0) is 19.6. The molecule has 0 aromatic carbocycles. The number of nitrogens with zero attached hydrogens (tertiary/aromatic N) is 5. The molecule has 0 aliphatic carbocycles. The summed E-state index contributed by atoms with van der Waals surface area (Å²) in [5.74, 6) is 2.10. The van der Waals surface area contributed by atoms with E-state index >= 15 is 0 Å². The van der Waals surface area contributed by atoms with Crippen molar-refractivity contribution in [3.05, 3.63) is 30.4 Å². The van der Waals surface area contributed by atoms with Gasteiger partial charge in [0.1, 0.15) is 11.6 Å². The van der Waals surface area contributed by atoms with E-state index in [1.54, 1.807) is 12.5 Å². The molecular formula is C18H24N6O2S. The Morgan fingerprint density at radius 2 is 2.11 bits per heavy atom. The van der Waals surface area contributed by atoms with Crippen LogP contribution in [0.3, 0.4) is 0 Å². The van der Waals surface area contributed by atoms with Gasteiger partial charge in [0.2, 0.25) is 5.91 Å². The molecule has 0 saturated carbocycles. The molecule has 1 amide bonds. The van der Waals surface area contributed by atoms with Crippen LogP contribution in [-0.2, 0) is 11.8 Å². The average molecular weight is 388 g/mol. The zero-order valence-electron chi connectivity index (χ0n) is 16.1. The molecule has 0 aliphatic heterocycles. The molecule has 1 N–H and O–H groups in total. The van der Waals surface area contributed by atoms with Gasteiger partial charge >= 0.3 is 0 Å². The second-order valence-electron chi connectivity index (χ2n) is 6.42. The monoisotopic (exact) mass is 388 g/mol. The summed E-state index contributed by atoms with van der Waals surface area (Å²) in [4.78, 5) is 12.6. The molecule has 0 unspecified atom stereocenters. The molecule has 0 saturated heterocycles. The number of nitrogens with one attached hydrogen (secondary N) is 1. The summed E-state index contributed by atoms with van der Waals surface area (Å²) in [5, 5.41) is 16.1. The lowest BCUT2D eigenvalue weighted by Gasteiger charge is -2.16.